The van der Waals surface area contributed by atoms with Gasteiger partial charge in [0, 0.05) is 5.69 Å². The average molecular weight is 282 g/mol. The van der Waals surface area contributed by atoms with E-state index in [-0.39, 0.29) is 11.6 Å². The Morgan fingerprint density at radius 3 is 2.71 bits per heavy atom. The predicted molar refractivity (Wildman–Crippen MR) is 79.8 cm³/mol. The van der Waals surface area contributed by atoms with E-state index in [9.17, 15) is 4.79 Å². The Morgan fingerprint density at radius 1 is 1.14 bits per heavy atom. The normalized spacial score (nSPS) is 19.6. The van der Waals surface area contributed by atoms with Gasteiger partial charge in [0.2, 0.25) is 0 Å². The van der Waals surface area contributed by atoms with E-state index in [1.807, 2.05) is 41.3 Å². The number of para-hydroxylation sites is 1. The van der Waals surface area contributed by atoms with Crippen LogP contribution in [0.1, 0.15) is 41.8 Å². The van der Waals surface area contributed by atoms with Crippen LogP contribution in [0.4, 0.5) is 5.69 Å². The van der Waals surface area contributed by atoms with Gasteiger partial charge in [-0.1, -0.05) is 12.1 Å². The molecule has 108 valence electrons. The summed E-state index contributed by atoms with van der Waals surface area (Å²) in [4.78, 5) is 14.9. The highest BCUT2D eigenvalue weighted by atomic mass is 16.3. The number of carbonyl (C=O) groups is 1. The zero-order chi connectivity index (χ0) is 14.3. The second-order valence-corrected chi connectivity index (χ2v) is 5.88. The third-order valence-electron chi connectivity index (χ3n) is 4.61. The maximum atomic E-state index is 12.9. The molecule has 2 aliphatic rings. The highest BCUT2D eigenvalue weighted by Crippen LogP contribution is 2.42. The Hall–Kier alpha value is -2.23. The van der Waals surface area contributed by atoms with Gasteiger partial charge in [-0.3, -0.25) is 4.79 Å². The summed E-state index contributed by atoms with van der Waals surface area (Å²) in [7, 11) is 0. The summed E-state index contributed by atoms with van der Waals surface area (Å²) in [6, 6.07) is 11.6. The van der Waals surface area contributed by atoms with Crippen LogP contribution < -0.4 is 5.32 Å². The standard InChI is InChI=1S/C17H18N2O2/c20-16-14-7-1-2-8-15(14)18-17(9-3-4-10-17)19(16)12-13-6-5-11-21-13/h1-2,5-8,11,18H,3-4,9-10,12H2. The van der Waals surface area contributed by atoms with Crippen LogP contribution in [0, 0.1) is 0 Å². The van der Waals surface area contributed by atoms with Gasteiger partial charge in [-0.2, -0.15) is 0 Å². The predicted octanol–water partition coefficient (Wildman–Crippen LogP) is 3.62. The van der Waals surface area contributed by atoms with Crippen molar-refractivity contribution >= 4 is 11.6 Å². The van der Waals surface area contributed by atoms with Crippen molar-refractivity contribution in [3.63, 3.8) is 0 Å². The van der Waals surface area contributed by atoms with Crippen molar-refractivity contribution in [2.75, 3.05) is 5.32 Å². The number of hydrogen-bond donors (Lipinski definition) is 1. The van der Waals surface area contributed by atoms with Crippen molar-refractivity contribution in [2.45, 2.75) is 37.9 Å². The number of furan rings is 1. The molecule has 0 unspecified atom stereocenters. The number of nitrogens with one attached hydrogen (secondary N) is 1. The molecule has 1 N–H and O–H groups in total. The molecule has 21 heavy (non-hydrogen) atoms. The summed E-state index contributed by atoms with van der Waals surface area (Å²) >= 11 is 0. The van der Waals surface area contributed by atoms with Crippen molar-refractivity contribution in [3.8, 4) is 0 Å². The van der Waals surface area contributed by atoms with Crippen LogP contribution in [0.5, 0.6) is 0 Å². The third kappa shape index (κ3) is 1.94. The lowest BCUT2D eigenvalue weighted by Crippen LogP contribution is -2.57. The number of benzene rings is 1. The number of anilines is 1. The van der Waals surface area contributed by atoms with E-state index in [1.54, 1.807) is 6.26 Å². The SMILES string of the molecule is O=C1c2ccccc2NC2(CCCC2)N1Cc1ccco1. The minimum atomic E-state index is -0.252. The van der Waals surface area contributed by atoms with E-state index in [4.69, 9.17) is 4.42 Å². The number of carbonyl (C=O) groups excluding carboxylic acids is 1. The van der Waals surface area contributed by atoms with Gasteiger partial charge >= 0.3 is 0 Å². The summed E-state index contributed by atoms with van der Waals surface area (Å²) in [5.74, 6) is 0.929. The van der Waals surface area contributed by atoms with E-state index in [0.29, 0.717) is 6.54 Å². The molecule has 1 spiro atoms. The molecular weight excluding hydrogens is 264 g/mol. The summed E-state index contributed by atoms with van der Waals surface area (Å²) in [5, 5.41) is 3.63. The molecule has 1 amide bonds. The first-order valence-electron chi connectivity index (χ1n) is 7.50. The van der Waals surface area contributed by atoms with Gasteiger partial charge in [-0.15, -0.1) is 0 Å². The summed E-state index contributed by atoms with van der Waals surface area (Å²) < 4.78 is 5.45. The van der Waals surface area contributed by atoms with Crippen LogP contribution in [-0.2, 0) is 6.54 Å². The quantitative estimate of drug-likeness (QED) is 0.915. The lowest BCUT2D eigenvalue weighted by atomic mass is 9.97. The zero-order valence-electron chi connectivity index (χ0n) is 11.8. The lowest BCUT2D eigenvalue weighted by Gasteiger charge is -2.46. The first kappa shape index (κ1) is 12.5. The summed E-state index contributed by atoms with van der Waals surface area (Å²) in [6.45, 7) is 0.521. The van der Waals surface area contributed by atoms with Gasteiger partial charge in [-0.25, -0.2) is 0 Å². The Morgan fingerprint density at radius 2 is 1.95 bits per heavy atom. The van der Waals surface area contributed by atoms with Crippen molar-refractivity contribution in [1.82, 2.24) is 4.90 Å². The van der Waals surface area contributed by atoms with Gasteiger partial charge in [-0.05, 0) is 49.9 Å². The van der Waals surface area contributed by atoms with E-state index in [1.165, 1.54) is 0 Å². The maximum Gasteiger partial charge on any atom is 0.258 e. The smallest absolute Gasteiger partial charge is 0.258 e. The van der Waals surface area contributed by atoms with Crippen molar-refractivity contribution in [1.29, 1.82) is 0 Å². The summed E-state index contributed by atoms with van der Waals surface area (Å²) in [6.07, 6.45) is 5.95. The Kier molecular flexibility index (Phi) is 2.77. The molecule has 1 aromatic carbocycles. The maximum absolute atomic E-state index is 12.9. The molecule has 4 nitrogen and oxygen atoms in total. The first-order chi connectivity index (χ1) is 10.3. The Bertz CT molecular complexity index is 657. The lowest BCUT2D eigenvalue weighted by molar-refractivity contribution is 0.0467. The topological polar surface area (TPSA) is 45.5 Å². The van der Waals surface area contributed by atoms with Crippen LogP contribution in [-0.4, -0.2) is 16.5 Å². The fourth-order valence-corrected chi connectivity index (χ4v) is 3.57. The number of rotatable bonds is 2. The number of nitrogens with zero attached hydrogens (tertiary/aromatic N) is 1. The molecule has 4 rings (SSSR count). The second-order valence-electron chi connectivity index (χ2n) is 5.88. The van der Waals surface area contributed by atoms with Crippen molar-refractivity contribution in [3.05, 3.63) is 54.0 Å². The number of amides is 1. The van der Waals surface area contributed by atoms with Crippen LogP contribution in [0.2, 0.25) is 0 Å². The molecule has 4 heteroatoms. The number of hydrogen-bond acceptors (Lipinski definition) is 3. The minimum Gasteiger partial charge on any atom is -0.467 e. The van der Waals surface area contributed by atoms with Gasteiger partial charge in [0.15, 0.2) is 0 Å². The molecule has 1 aromatic heterocycles. The van der Waals surface area contributed by atoms with E-state index < -0.39 is 0 Å². The van der Waals surface area contributed by atoms with Crippen LogP contribution in [0.15, 0.2) is 47.1 Å². The molecule has 0 saturated heterocycles. The average Bonchev–Trinajstić information content (AvgIpc) is 3.16. The molecule has 2 aromatic rings. The largest absolute Gasteiger partial charge is 0.467 e. The fraction of sp³-hybridized carbons (Fsp3) is 0.353. The Labute approximate surface area is 123 Å². The molecule has 1 fully saturated rings. The highest BCUT2D eigenvalue weighted by Gasteiger charge is 2.46. The van der Waals surface area contributed by atoms with Gasteiger partial charge < -0.3 is 14.6 Å². The third-order valence-corrected chi connectivity index (χ3v) is 4.61. The molecule has 1 aliphatic heterocycles. The van der Waals surface area contributed by atoms with Gasteiger partial charge in [0.25, 0.3) is 5.91 Å². The molecular formula is C17H18N2O2. The monoisotopic (exact) mass is 282 g/mol. The van der Waals surface area contributed by atoms with Crippen LogP contribution in [0.3, 0.4) is 0 Å². The van der Waals surface area contributed by atoms with Crippen LogP contribution >= 0.6 is 0 Å². The van der Waals surface area contributed by atoms with Crippen molar-refractivity contribution in [2.24, 2.45) is 0 Å². The molecule has 0 radical (unpaired) electrons. The van der Waals surface area contributed by atoms with Crippen LogP contribution in [0.25, 0.3) is 0 Å². The molecule has 1 aliphatic carbocycles. The highest BCUT2D eigenvalue weighted by molar-refractivity contribution is 6.02. The van der Waals surface area contributed by atoms with E-state index >= 15 is 0 Å². The molecule has 1 saturated carbocycles. The van der Waals surface area contributed by atoms with Gasteiger partial charge in [0.05, 0.1) is 18.4 Å². The fourth-order valence-electron chi connectivity index (χ4n) is 3.57. The first-order valence-corrected chi connectivity index (χ1v) is 7.50. The molecule has 2 heterocycles. The summed E-state index contributed by atoms with van der Waals surface area (Å²) in [5.41, 5.74) is 1.46. The Balaban J connectivity index is 1.76. The van der Waals surface area contributed by atoms with Crippen molar-refractivity contribution < 1.29 is 9.21 Å². The van der Waals surface area contributed by atoms with E-state index in [0.717, 1.165) is 42.7 Å². The molecule has 0 atom stereocenters. The number of fused-ring (bicyclic) bond motifs is 1. The second kappa shape index (κ2) is 4.65. The molecule has 0 bridgehead atoms. The minimum absolute atomic E-state index is 0.0997. The zero-order valence-corrected chi connectivity index (χ0v) is 11.8. The van der Waals surface area contributed by atoms with E-state index in [2.05, 4.69) is 5.32 Å². The van der Waals surface area contributed by atoms with Gasteiger partial charge in [0.1, 0.15) is 11.4 Å².